The van der Waals surface area contributed by atoms with E-state index in [0.717, 1.165) is 12.0 Å². The minimum absolute atomic E-state index is 0.0377. The van der Waals surface area contributed by atoms with Gasteiger partial charge in [0.25, 0.3) is 11.6 Å². The highest BCUT2D eigenvalue weighted by atomic mass is 16.7. The summed E-state index contributed by atoms with van der Waals surface area (Å²) in [6, 6.07) is 11.2. The minimum atomic E-state index is -0.480. The molecule has 0 aromatic heterocycles. The van der Waals surface area contributed by atoms with Crippen molar-refractivity contribution in [3.8, 4) is 11.5 Å². The van der Waals surface area contributed by atoms with E-state index in [-0.39, 0.29) is 18.4 Å². The quantitative estimate of drug-likeness (QED) is 0.446. The summed E-state index contributed by atoms with van der Waals surface area (Å²) in [5.74, 6) is 1.05. The topological polar surface area (TPSA) is 94.3 Å². The Bertz CT molecular complexity index is 1010. The van der Waals surface area contributed by atoms with Crippen LogP contribution < -0.4 is 14.5 Å². The molecule has 8 heteroatoms. The number of rotatable bonds is 5. The maximum Gasteiger partial charge on any atom is 0.280 e. The summed E-state index contributed by atoms with van der Waals surface area (Å²) in [5, 5.41) is 16.6. The predicted octanol–water partition coefficient (Wildman–Crippen LogP) is 3.91. The van der Waals surface area contributed by atoms with Crippen LogP contribution in [0.15, 0.2) is 53.1 Å². The van der Waals surface area contributed by atoms with Crippen molar-refractivity contribution in [2.75, 3.05) is 11.8 Å². The molecule has 0 saturated carbocycles. The van der Waals surface area contributed by atoms with E-state index in [1.165, 1.54) is 29.3 Å². The zero-order valence-corrected chi connectivity index (χ0v) is 15.1. The van der Waals surface area contributed by atoms with Crippen LogP contribution in [0.3, 0.4) is 0 Å². The number of hydrogen-bond donors (Lipinski definition) is 0. The number of nitrogens with zero attached hydrogens (tertiary/aromatic N) is 3. The summed E-state index contributed by atoms with van der Waals surface area (Å²) in [6.45, 7) is 2.20. The van der Waals surface area contributed by atoms with Crippen molar-refractivity contribution in [1.29, 1.82) is 0 Å². The molecule has 0 N–H and O–H groups in total. The van der Waals surface area contributed by atoms with Gasteiger partial charge in [-0.2, -0.15) is 10.1 Å². The number of fused-ring (bicyclic) bond motifs is 1. The van der Waals surface area contributed by atoms with Crippen LogP contribution in [0, 0.1) is 10.1 Å². The van der Waals surface area contributed by atoms with Crippen molar-refractivity contribution >= 4 is 29.1 Å². The summed E-state index contributed by atoms with van der Waals surface area (Å²) in [7, 11) is 0. The average molecular weight is 379 g/mol. The number of ether oxygens (including phenoxy) is 2. The van der Waals surface area contributed by atoms with Crippen LogP contribution in [0.4, 0.5) is 11.4 Å². The molecule has 2 heterocycles. The zero-order valence-electron chi connectivity index (χ0n) is 15.1. The number of nitro groups is 1. The van der Waals surface area contributed by atoms with E-state index in [1.807, 2.05) is 19.1 Å². The summed E-state index contributed by atoms with van der Waals surface area (Å²) in [6.07, 6.45) is 3.26. The monoisotopic (exact) mass is 379 g/mol. The molecule has 0 saturated heterocycles. The van der Waals surface area contributed by atoms with Gasteiger partial charge < -0.3 is 9.47 Å². The van der Waals surface area contributed by atoms with Crippen LogP contribution in [-0.2, 0) is 4.79 Å². The highest BCUT2D eigenvalue weighted by Gasteiger charge is 2.31. The summed E-state index contributed by atoms with van der Waals surface area (Å²) in [4.78, 5) is 23.4. The number of hydrogen-bond acceptors (Lipinski definition) is 6. The second-order valence-corrected chi connectivity index (χ2v) is 6.36. The van der Waals surface area contributed by atoms with Crippen molar-refractivity contribution in [3.63, 3.8) is 0 Å². The number of amides is 1. The predicted molar refractivity (Wildman–Crippen MR) is 103 cm³/mol. The number of hydrazone groups is 1. The van der Waals surface area contributed by atoms with E-state index < -0.39 is 4.92 Å². The Morgan fingerprint density at radius 2 is 1.93 bits per heavy atom. The fourth-order valence-electron chi connectivity index (χ4n) is 3.08. The third kappa shape index (κ3) is 3.20. The standard InChI is InChI=1S/C20H17N3O5/c1-2-3-17-16(10-13-4-9-18-19(11-13)28-12-27-18)20(24)22(21-17)14-5-7-15(8-6-14)23(25)26/h4-11H,2-3,12H2,1H3. The lowest BCUT2D eigenvalue weighted by Gasteiger charge is -2.11. The highest BCUT2D eigenvalue weighted by molar-refractivity contribution is 6.32. The Labute approximate surface area is 160 Å². The van der Waals surface area contributed by atoms with Crippen LogP contribution in [-0.4, -0.2) is 23.3 Å². The zero-order chi connectivity index (χ0) is 19.7. The van der Waals surface area contributed by atoms with E-state index >= 15 is 0 Å². The second-order valence-electron chi connectivity index (χ2n) is 6.36. The first kappa shape index (κ1) is 17.7. The van der Waals surface area contributed by atoms with Gasteiger partial charge in [-0.1, -0.05) is 19.4 Å². The molecule has 0 atom stereocenters. The van der Waals surface area contributed by atoms with Crippen molar-refractivity contribution in [1.82, 2.24) is 0 Å². The Morgan fingerprint density at radius 1 is 1.18 bits per heavy atom. The molecule has 0 bridgehead atoms. The Hall–Kier alpha value is -3.68. The van der Waals surface area contributed by atoms with Gasteiger partial charge in [-0.25, -0.2) is 0 Å². The first-order chi connectivity index (χ1) is 13.6. The van der Waals surface area contributed by atoms with Gasteiger partial charge >= 0.3 is 0 Å². The fraction of sp³-hybridized carbons (Fsp3) is 0.200. The SMILES string of the molecule is CCCC1=NN(c2ccc([N+](=O)[O-])cc2)C(=O)C1=Cc1ccc2c(c1)OCO2. The Kier molecular flexibility index (Phi) is 4.52. The average Bonchev–Trinajstić information content (AvgIpc) is 3.28. The molecular weight excluding hydrogens is 362 g/mol. The summed E-state index contributed by atoms with van der Waals surface area (Å²) in [5.41, 5.74) is 2.44. The molecular formula is C20H17N3O5. The van der Waals surface area contributed by atoms with Crippen LogP contribution in [0.2, 0.25) is 0 Å². The molecule has 142 valence electrons. The molecule has 0 radical (unpaired) electrons. The van der Waals surface area contributed by atoms with Gasteiger partial charge in [-0.3, -0.25) is 14.9 Å². The lowest BCUT2D eigenvalue weighted by Crippen LogP contribution is -2.21. The van der Waals surface area contributed by atoms with Crippen LogP contribution in [0.5, 0.6) is 11.5 Å². The van der Waals surface area contributed by atoms with Gasteiger partial charge in [0.1, 0.15) is 0 Å². The molecule has 1 amide bonds. The van der Waals surface area contributed by atoms with Gasteiger partial charge in [-0.05, 0) is 42.3 Å². The molecule has 2 aliphatic rings. The number of benzene rings is 2. The maximum atomic E-state index is 13.0. The minimum Gasteiger partial charge on any atom is -0.454 e. The second kappa shape index (κ2) is 7.15. The van der Waals surface area contributed by atoms with Crippen LogP contribution in [0.1, 0.15) is 25.3 Å². The van der Waals surface area contributed by atoms with Gasteiger partial charge in [0.15, 0.2) is 11.5 Å². The molecule has 4 rings (SSSR count). The summed E-state index contributed by atoms with van der Waals surface area (Å²) < 4.78 is 10.7. The number of non-ortho nitro benzene ring substituents is 1. The molecule has 2 aromatic carbocycles. The first-order valence-corrected chi connectivity index (χ1v) is 8.85. The van der Waals surface area contributed by atoms with E-state index in [0.29, 0.717) is 34.9 Å². The maximum absolute atomic E-state index is 13.0. The highest BCUT2D eigenvalue weighted by Crippen LogP contribution is 2.34. The number of carbonyl (C=O) groups is 1. The first-order valence-electron chi connectivity index (χ1n) is 8.85. The number of carbonyl (C=O) groups excluding carboxylic acids is 1. The van der Waals surface area contributed by atoms with E-state index in [9.17, 15) is 14.9 Å². The molecule has 0 spiro atoms. The number of nitro benzene ring substituents is 1. The smallest absolute Gasteiger partial charge is 0.280 e. The van der Waals surface area contributed by atoms with Crippen molar-refractivity contribution < 1.29 is 19.2 Å². The van der Waals surface area contributed by atoms with E-state index in [2.05, 4.69) is 5.10 Å². The Morgan fingerprint density at radius 3 is 2.64 bits per heavy atom. The molecule has 0 unspecified atom stereocenters. The Balaban J connectivity index is 1.67. The van der Waals surface area contributed by atoms with Gasteiger partial charge in [0, 0.05) is 12.1 Å². The van der Waals surface area contributed by atoms with Crippen molar-refractivity contribution in [2.24, 2.45) is 5.10 Å². The van der Waals surface area contributed by atoms with E-state index in [4.69, 9.17) is 9.47 Å². The third-order valence-corrected chi connectivity index (χ3v) is 4.45. The fourth-order valence-corrected chi connectivity index (χ4v) is 3.08. The van der Waals surface area contributed by atoms with Gasteiger partial charge in [0.05, 0.1) is 21.9 Å². The van der Waals surface area contributed by atoms with Crippen LogP contribution in [0.25, 0.3) is 6.08 Å². The largest absolute Gasteiger partial charge is 0.454 e. The molecule has 8 nitrogen and oxygen atoms in total. The molecule has 0 fully saturated rings. The molecule has 0 aliphatic carbocycles. The normalized spacial score (nSPS) is 16.6. The molecule has 28 heavy (non-hydrogen) atoms. The van der Waals surface area contributed by atoms with Crippen molar-refractivity contribution in [3.05, 3.63) is 63.7 Å². The van der Waals surface area contributed by atoms with Crippen molar-refractivity contribution in [2.45, 2.75) is 19.8 Å². The lowest BCUT2D eigenvalue weighted by molar-refractivity contribution is -0.384. The summed E-state index contributed by atoms with van der Waals surface area (Å²) >= 11 is 0. The lowest BCUT2D eigenvalue weighted by atomic mass is 10.0. The molecule has 2 aliphatic heterocycles. The van der Waals surface area contributed by atoms with E-state index in [1.54, 1.807) is 12.1 Å². The third-order valence-electron chi connectivity index (χ3n) is 4.45. The van der Waals surface area contributed by atoms with Gasteiger partial charge in [0.2, 0.25) is 6.79 Å². The number of anilines is 1. The van der Waals surface area contributed by atoms with Gasteiger partial charge in [-0.15, -0.1) is 0 Å². The molecule has 2 aromatic rings. The van der Waals surface area contributed by atoms with Crippen LogP contribution >= 0.6 is 0 Å².